The Morgan fingerprint density at radius 1 is 1.25 bits per heavy atom. The van der Waals surface area contributed by atoms with Crippen LogP contribution in [0.4, 0.5) is 5.69 Å². The number of anilines is 1. The molecule has 1 atom stereocenters. The van der Waals surface area contributed by atoms with Crippen molar-refractivity contribution in [2.75, 3.05) is 12.2 Å². The maximum Gasteiger partial charge on any atom is 0.305 e. The van der Waals surface area contributed by atoms with Crippen LogP contribution in [0.25, 0.3) is 0 Å². The molecule has 1 aromatic carbocycles. The highest BCUT2D eigenvalue weighted by Gasteiger charge is 2.43. The molecule has 0 bridgehead atoms. The summed E-state index contributed by atoms with van der Waals surface area (Å²) in [6, 6.07) is 6.56. The molecule has 0 aromatic heterocycles. The number of hydrogen-bond acceptors (Lipinski definition) is 2. The molecule has 0 fully saturated rings. The first-order valence-corrected chi connectivity index (χ1v) is 7.80. The molecule has 0 spiro atoms. The second kappa shape index (κ2) is 5.24. The van der Waals surface area contributed by atoms with Crippen molar-refractivity contribution < 1.29 is 9.30 Å². The largest absolute Gasteiger partial charge is 0.497 e. The molecular weight excluding hydrogens is 315 g/mol. The summed E-state index contributed by atoms with van der Waals surface area (Å²) in [5.74, 6) is 0.656. The van der Waals surface area contributed by atoms with Crippen LogP contribution in [-0.4, -0.2) is 10.6 Å². The molecule has 0 saturated heterocycles. The molecule has 1 unspecified atom stereocenters. The van der Waals surface area contributed by atoms with E-state index in [1.165, 1.54) is 7.11 Å². The summed E-state index contributed by atoms with van der Waals surface area (Å²) in [5, 5.41) is 2.48. The van der Waals surface area contributed by atoms with E-state index >= 15 is 0 Å². The first kappa shape index (κ1) is 14.3. The number of alkyl halides is 3. The van der Waals surface area contributed by atoms with Crippen molar-refractivity contribution in [3.8, 4) is 5.75 Å². The lowest BCUT2D eigenvalue weighted by atomic mass is 10.3. The molecule has 0 aliphatic carbocycles. The highest BCUT2D eigenvalue weighted by Crippen LogP contribution is 2.68. The van der Waals surface area contributed by atoms with E-state index in [-0.39, 0.29) is 0 Å². The smallest absolute Gasteiger partial charge is 0.305 e. The van der Waals surface area contributed by atoms with Gasteiger partial charge in [-0.2, -0.15) is 0 Å². The van der Waals surface area contributed by atoms with Crippen LogP contribution in [0.2, 0.25) is 0 Å². The molecule has 0 radical (unpaired) electrons. The molecule has 1 N–H and O–H groups in total. The van der Waals surface area contributed by atoms with Gasteiger partial charge in [-0.15, -0.1) is 0 Å². The van der Waals surface area contributed by atoms with E-state index < -0.39 is 10.2 Å². The predicted octanol–water partition coefficient (Wildman–Crippen LogP) is 4.87. The van der Waals surface area contributed by atoms with Gasteiger partial charge in [0.2, 0.25) is 0 Å². The Kier molecular flexibility index (Phi) is 4.67. The van der Waals surface area contributed by atoms with Gasteiger partial charge in [0.25, 0.3) is 3.53 Å². The summed E-state index contributed by atoms with van der Waals surface area (Å²) < 4.78 is 14.7. The van der Waals surface area contributed by atoms with Gasteiger partial charge in [-0.05, 0) is 35.5 Å². The van der Waals surface area contributed by atoms with Gasteiger partial charge < -0.3 is 9.82 Å². The van der Waals surface area contributed by atoms with Crippen molar-refractivity contribution in [3.63, 3.8) is 0 Å². The van der Waals surface area contributed by atoms with E-state index in [1.807, 2.05) is 0 Å². The first-order valence-electron chi connectivity index (χ1n) is 4.05. The number of halogens is 4. The average Bonchev–Trinajstić information content (AvgIpc) is 2.16. The summed E-state index contributed by atoms with van der Waals surface area (Å²) in [6.45, 7) is -3.64. The number of ether oxygens (including phenoxy) is 1. The van der Waals surface area contributed by atoms with E-state index in [9.17, 15) is 4.57 Å². The van der Waals surface area contributed by atoms with Gasteiger partial charge >= 0.3 is 6.65 Å². The molecule has 8 heteroatoms. The molecule has 3 nitrogen and oxygen atoms in total. The Balaban J connectivity index is 2.85. The van der Waals surface area contributed by atoms with Crippen LogP contribution in [-0.2, 0) is 4.57 Å². The highest BCUT2D eigenvalue weighted by molar-refractivity contribution is 7.95. The molecule has 0 saturated carbocycles. The maximum atomic E-state index is 11.8. The summed E-state index contributed by atoms with van der Waals surface area (Å²) >= 11 is 22.1. The third kappa shape index (κ3) is 3.61. The van der Waals surface area contributed by atoms with E-state index in [1.54, 1.807) is 24.3 Å². The Morgan fingerprint density at radius 2 is 1.75 bits per heavy atom. The highest BCUT2D eigenvalue weighted by atomic mass is 35.7. The maximum absolute atomic E-state index is 11.8. The Hall–Kier alpha value is 0.210. The number of benzene rings is 1. The van der Waals surface area contributed by atoms with E-state index in [2.05, 4.69) is 5.09 Å². The normalized spacial score (nSPS) is 15.3. The summed E-state index contributed by atoms with van der Waals surface area (Å²) in [6.07, 6.45) is 0. The van der Waals surface area contributed by atoms with Crippen molar-refractivity contribution in [1.82, 2.24) is 0 Å². The van der Waals surface area contributed by atoms with Crippen LogP contribution in [0.15, 0.2) is 24.3 Å². The second-order valence-corrected chi connectivity index (χ2v) is 9.30. The summed E-state index contributed by atoms with van der Waals surface area (Å²) in [7, 11) is 1.54. The van der Waals surface area contributed by atoms with Crippen LogP contribution in [0, 0.1) is 0 Å². The van der Waals surface area contributed by atoms with Crippen molar-refractivity contribution in [2.45, 2.75) is 3.53 Å². The third-order valence-electron chi connectivity index (χ3n) is 1.69. The first-order chi connectivity index (χ1) is 7.26. The predicted molar refractivity (Wildman–Crippen MR) is 70.4 cm³/mol. The quantitative estimate of drug-likeness (QED) is 0.637. The van der Waals surface area contributed by atoms with Gasteiger partial charge in [-0.1, -0.05) is 34.8 Å². The zero-order chi connectivity index (χ0) is 12.4. The van der Waals surface area contributed by atoms with E-state index in [0.29, 0.717) is 11.4 Å². The second-order valence-electron chi connectivity index (χ2n) is 2.84. The van der Waals surface area contributed by atoms with Crippen LogP contribution in [0.3, 0.4) is 0 Å². The minimum Gasteiger partial charge on any atom is -0.497 e. The lowest BCUT2D eigenvalue weighted by Gasteiger charge is -2.20. The van der Waals surface area contributed by atoms with Gasteiger partial charge in [-0.3, -0.25) is 4.57 Å². The van der Waals surface area contributed by atoms with Crippen LogP contribution < -0.4 is 9.82 Å². The molecule has 1 rings (SSSR count). The Morgan fingerprint density at radius 3 is 2.12 bits per heavy atom. The Labute approximate surface area is 113 Å². The molecule has 16 heavy (non-hydrogen) atoms. The minimum absolute atomic E-state index is 0.477. The fourth-order valence-corrected chi connectivity index (χ4v) is 2.18. The topological polar surface area (TPSA) is 38.3 Å². The van der Waals surface area contributed by atoms with Gasteiger partial charge in [0.15, 0.2) is 0 Å². The number of rotatable bonds is 3. The SMILES string of the molecule is COc1ccc(NP(=O)(Cl)C(Cl)(Cl)Cl)cc1. The average molecular weight is 323 g/mol. The molecule has 1 aromatic rings. The van der Waals surface area contributed by atoms with Crippen LogP contribution >= 0.6 is 52.7 Å². The van der Waals surface area contributed by atoms with E-state index in [0.717, 1.165) is 0 Å². The van der Waals surface area contributed by atoms with Gasteiger partial charge in [0, 0.05) is 5.69 Å². The molecule has 0 aliphatic rings. The number of methoxy groups -OCH3 is 1. The van der Waals surface area contributed by atoms with Gasteiger partial charge in [-0.25, -0.2) is 0 Å². The minimum atomic E-state index is -3.64. The lowest BCUT2D eigenvalue weighted by molar-refractivity contribution is 0.415. The van der Waals surface area contributed by atoms with Gasteiger partial charge in [0.1, 0.15) is 5.75 Å². The number of nitrogens with one attached hydrogen (secondary N) is 1. The molecular formula is C8H8Cl4NO2P. The standard InChI is InChI=1S/C8H8Cl4NO2P/c1-15-7-4-2-6(3-5-7)13-16(12,14)8(9,10)11/h2-5H,1H3,(H,13,14). The van der Waals surface area contributed by atoms with Crippen molar-refractivity contribution in [3.05, 3.63) is 24.3 Å². The molecule has 90 valence electrons. The lowest BCUT2D eigenvalue weighted by Crippen LogP contribution is -2.07. The fraction of sp³-hybridized carbons (Fsp3) is 0.250. The monoisotopic (exact) mass is 321 g/mol. The third-order valence-corrected chi connectivity index (χ3v) is 6.82. The van der Waals surface area contributed by atoms with Crippen molar-refractivity contribution in [1.29, 1.82) is 0 Å². The fourth-order valence-electron chi connectivity index (χ4n) is 0.895. The van der Waals surface area contributed by atoms with Crippen molar-refractivity contribution >= 4 is 58.4 Å². The number of hydrogen-bond donors (Lipinski definition) is 1. The zero-order valence-electron chi connectivity index (χ0n) is 8.08. The van der Waals surface area contributed by atoms with Crippen LogP contribution in [0.5, 0.6) is 5.75 Å². The summed E-state index contributed by atoms with van der Waals surface area (Å²) in [4.78, 5) is 0. The van der Waals surface area contributed by atoms with Crippen LogP contribution in [0.1, 0.15) is 0 Å². The molecule has 0 aliphatic heterocycles. The summed E-state index contributed by atoms with van der Waals surface area (Å²) in [5.41, 5.74) is 0.477. The van der Waals surface area contributed by atoms with E-state index in [4.69, 9.17) is 50.8 Å². The zero-order valence-corrected chi connectivity index (χ0v) is 12.0. The Bertz CT molecular complexity index is 403. The van der Waals surface area contributed by atoms with Gasteiger partial charge in [0.05, 0.1) is 7.11 Å². The van der Waals surface area contributed by atoms with Crippen molar-refractivity contribution in [2.24, 2.45) is 0 Å². The molecule has 0 heterocycles. The molecule has 0 amide bonds.